The van der Waals surface area contributed by atoms with Crippen molar-refractivity contribution in [2.75, 3.05) is 5.73 Å². The first-order valence-corrected chi connectivity index (χ1v) is 8.53. The average Bonchev–Trinajstić information content (AvgIpc) is 2.48. The number of ether oxygens (including phenoxy) is 1. The first kappa shape index (κ1) is 17.0. The van der Waals surface area contributed by atoms with Gasteiger partial charge in [-0.15, -0.1) is 0 Å². The highest BCUT2D eigenvalue weighted by atomic mass is 79.9. The van der Waals surface area contributed by atoms with Crippen LogP contribution in [0.1, 0.15) is 29.3 Å². The number of carbonyl (C=O) groups is 1. The molecule has 0 heterocycles. The smallest absolute Gasteiger partial charge is 0.204 e. The number of benzene rings is 2. The van der Waals surface area contributed by atoms with Crippen LogP contribution in [0.3, 0.4) is 0 Å². The Kier molecular flexibility index (Phi) is 5.64. The molecule has 0 radical (unpaired) electrons. The van der Waals surface area contributed by atoms with Crippen LogP contribution in [0.4, 0.5) is 5.69 Å². The Morgan fingerprint density at radius 2 is 1.95 bits per heavy atom. The van der Waals surface area contributed by atoms with Gasteiger partial charge in [0.2, 0.25) is 5.78 Å². The van der Waals surface area contributed by atoms with Crippen LogP contribution in [-0.4, -0.2) is 11.9 Å². The van der Waals surface area contributed by atoms with Crippen molar-refractivity contribution >= 4 is 43.3 Å². The molecular formula is C17H17Br2NO2. The summed E-state index contributed by atoms with van der Waals surface area (Å²) in [5.41, 5.74) is 8.15. The van der Waals surface area contributed by atoms with Gasteiger partial charge in [-0.05, 0) is 49.2 Å². The minimum absolute atomic E-state index is 0.0735. The minimum Gasteiger partial charge on any atom is -0.480 e. The summed E-state index contributed by atoms with van der Waals surface area (Å²) in [6.07, 6.45) is -0.0129. The fourth-order valence-electron chi connectivity index (χ4n) is 2.11. The fraction of sp³-hybridized carbons (Fsp3) is 0.235. The van der Waals surface area contributed by atoms with Crippen molar-refractivity contribution in [3.63, 3.8) is 0 Å². The van der Waals surface area contributed by atoms with E-state index in [4.69, 9.17) is 10.5 Å². The third-order valence-electron chi connectivity index (χ3n) is 3.29. The molecule has 1 unspecified atom stereocenters. The Hall–Kier alpha value is -1.33. The van der Waals surface area contributed by atoms with Crippen molar-refractivity contribution in [1.82, 2.24) is 0 Å². The molecule has 0 amide bonds. The number of aryl methyl sites for hydroxylation is 1. The van der Waals surface area contributed by atoms with Crippen molar-refractivity contribution in [3.05, 3.63) is 56.5 Å². The standard InChI is InChI=1S/C17H17Br2NO2/c1-3-15(22-16-7-4-10(2)8-14(16)20)17(21)12-9-11(18)5-6-13(12)19/h4-9,15H,3,20H2,1-2H3. The topological polar surface area (TPSA) is 52.3 Å². The van der Waals surface area contributed by atoms with Gasteiger partial charge in [0, 0.05) is 14.5 Å². The van der Waals surface area contributed by atoms with Crippen LogP contribution in [0.15, 0.2) is 45.3 Å². The van der Waals surface area contributed by atoms with Crippen molar-refractivity contribution in [2.24, 2.45) is 0 Å². The molecular weight excluding hydrogens is 410 g/mol. The Labute approximate surface area is 147 Å². The molecule has 0 aliphatic heterocycles. The number of hydrogen-bond donors (Lipinski definition) is 1. The lowest BCUT2D eigenvalue weighted by Gasteiger charge is -2.18. The molecule has 0 spiro atoms. The van der Waals surface area contributed by atoms with E-state index in [0.29, 0.717) is 23.4 Å². The number of ketones is 1. The lowest BCUT2D eigenvalue weighted by atomic mass is 10.0. The molecule has 0 aliphatic rings. The molecule has 22 heavy (non-hydrogen) atoms. The van der Waals surface area contributed by atoms with E-state index in [-0.39, 0.29) is 5.78 Å². The Morgan fingerprint density at radius 1 is 1.23 bits per heavy atom. The molecule has 0 aliphatic carbocycles. The van der Waals surface area contributed by atoms with E-state index < -0.39 is 6.10 Å². The van der Waals surface area contributed by atoms with Crippen molar-refractivity contribution in [1.29, 1.82) is 0 Å². The third kappa shape index (κ3) is 3.90. The number of nitrogens with two attached hydrogens (primary N) is 1. The van der Waals surface area contributed by atoms with E-state index in [0.717, 1.165) is 14.5 Å². The molecule has 0 saturated carbocycles. The third-order valence-corrected chi connectivity index (χ3v) is 4.48. The van der Waals surface area contributed by atoms with Gasteiger partial charge in [-0.3, -0.25) is 4.79 Å². The summed E-state index contributed by atoms with van der Waals surface area (Å²) in [5.74, 6) is 0.465. The van der Waals surface area contributed by atoms with E-state index in [1.807, 2.05) is 38.1 Å². The highest BCUT2D eigenvalue weighted by molar-refractivity contribution is 9.11. The molecule has 2 aromatic carbocycles. The first-order valence-electron chi connectivity index (χ1n) is 6.94. The highest BCUT2D eigenvalue weighted by Crippen LogP contribution is 2.27. The van der Waals surface area contributed by atoms with Gasteiger partial charge < -0.3 is 10.5 Å². The largest absolute Gasteiger partial charge is 0.480 e. The van der Waals surface area contributed by atoms with Gasteiger partial charge in [0.1, 0.15) is 5.75 Å². The first-order chi connectivity index (χ1) is 10.4. The van der Waals surface area contributed by atoms with E-state index in [1.54, 1.807) is 12.1 Å². The lowest BCUT2D eigenvalue weighted by molar-refractivity contribution is 0.0787. The quantitative estimate of drug-likeness (QED) is 0.531. The number of nitrogen functional groups attached to an aromatic ring is 1. The molecule has 0 aromatic heterocycles. The number of carbonyl (C=O) groups excluding carboxylic acids is 1. The van der Waals surface area contributed by atoms with Gasteiger partial charge in [0.15, 0.2) is 6.10 Å². The number of halogens is 2. The van der Waals surface area contributed by atoms with Crippen LogP contribution in [0.25, 0.3) is 0 Å². The molecule has 1 atom stereocenters. The highest BCUT2D eigenvalue weighted by Gasteiger charge is 2.23. The van der Waals surface area contributed by atoms with E-state index in [2.05, 4.69) is 31.9 Å². The van der Waals surface area contributed by atoms with Crippen LogP contribution in [0.2, 0.25) is 0 Å². The average molecular weight is 427 g/mol. The van der Waals surface area contributed by atoms with Crippen LogP contribution in [-0.2, 0) is 0 Å². The van der Waals surface area contributed by atoms with Crippen molar-refractivity contribution in [3.8, 4) is 5.75 Å². The Balaban J connectivity index is 2.27. The summed E-state index contributed by atoms with van der Waals surface area (Å²) >= 11 is 6.80. The van der Waals surface area contributed by atoms with Crippen molar-refractivity contribution < 1.29 is 9.53 Å². The predicted octanol–water partition coefficient (Wildman–Crippen LogP) is 5.14. The maximum absolute atomic E-state index is 12.7. The van der Waals surface area contributed by atoms with Gasteiger partial charge in [-0.1, -0.05) is 44.8 Å². The second kappa shape index (κ2) is 7.29. The van der Waals surface area contributed by atoms with Crippen LogP contribution >= 0.6 is 31.9 Å². The number of anilines is 1. The Morgan fingerprint density at radius 3 is 2.59 bits per heavy atom. The zero-order valence-corrected chi connectivity index (χ0v) is 15.6. The summed E-state index contributed by atoms with van der Waals surface area (Å²) in [5, 5.41) is 0. The normalized spacial score (nSPS) is 12.0. The van der Waals surface area contributed by atoms with Gasteiger partial charge in [0.05, 0.1) is 5.69 Å². The van der Waals surface area contributed by atoms with Gasteiger partial charge in [0.25, 0.3) is 0 Å². The molecule has 0 fully saturated rings. The molecule has 2 N–H and O–H groups in total. The monoisotopic (exact) mass is 425 g/mol. The Bertz CT molecular complexity index is 701. The molecule has 5 heteroatoms. The second-order valence-corrected chi connectivity index (χ2v) is 6.81. The summed E-state index contributed by atoms with van der Waals surface area (Å²) in [4.78, 5) is 12.7. The lowest BCUT2D eigenvalue weighted by Crippen LogP contribution is -2.27. The minimum atomic E-state index is -0.574. The molecule has 2 aromatic rings. The molecule has 2 rings (SSSR count). The molecule has 0 bridgehead atoms. The van der Waals surface area contributed by atoms with Crippen molar-refractivity contribution in [2.45, 2.75) is 26.4 Å². The zero-order valence-electron chi connectivity index (χ0n) is 12.4. The predicted molar refractivity (Wildman–Crippen MR) is 96.5 cm³/mol. The van der Waals surface area contributed by atoms with Gasteiger partial charge in [-0.25, -0.2) is 0 Å². The maximum Gasteiger partial charge on any atom is 0.204 e. The number of hydrogen-bond acceptors (Lipinski definition) is 3. The summed E-state index contributed by atoms with van der Waals surface area (Å²) < 4.78 is 7.45. The molecule has 116 valence electrons. The van der Waals surface area contributed by atoms with Crippen LogP contribution in [0, 0.1) is 6.92 Å². The summed E-state index contributed by atoms with van der Waals surface area (Å²) in [6, 6.07) is 11.1. The maximum atomic E-state index is 12.7. The van der Waals surface area contributed by atoms with Crippen LogP contribution < -0.4 is 10.5 Å². The van der Waals surface area contributed by atoms with E-state index in [1.165, 1.54) is 0 Å². The van der Waals surface area contributed by atoms with Gasteiger partial charge >= 0.3 is 0 Å². The summed E-state index contributed by atoms with van der Waals surface area (Å²) in [6.45, 7) is 3.88. The number of rotatable bonds is 5. The SMILES string of the molecule is CCC(Oc1ccc(C)cc1N)C(=O)c1cc(Br)ccc1Br. The zero-order chi connectivity index (χ0) is 16.3. The van der Waals surface area contributed by atoms with Crippen LogP contribution in [0.5, 0.6) is 5.75 Å². The van der Waals surface area contributed by atoms with E-state index in [9.17, 15) is 4.79 Å². The van der Waals surface area contributed by atoms with Gasteiger partial charge in [-0.2, -0.15) is 0 Å². The fourth-order valence-corrected chi connectivity index (χ4v) is 2.91. The second-order valence-electron chi connectivity index (χ2n) is 5.04. The summed E-state index contributed by atoms with van der Waals surface area (Å²) in [7, 11) is 0. The molecule has 0 saturated heterocycles. The van der Waals surface area contributed by atoms with E-state index >= 15 is 0 Å². The number of Topliss-reactive ketones (excluding diaryl/α,β-unsaturated/α-hetero) is 1. The molecule has 3 nitrogen and oxygen atoms in total.